The Labute approximate surface area is 233 Å². The predicted molar refractivity (Wildman–Crippen MR) is 134 cm³/mol. The summed E-state index contributed by atoms with van der Waals surface area (Å²) >= 11 is 0. The zero-order valence-corrected chi connectivity index (χ0v) is 25.6. The van der Waals surface area contributed by atoms with Crippen LogP contribution in [0, 0.1) is 11.5 Å². The fourth-order valence-electron chi connectivity index (χ4n) is 3.85. The zero-order valence-electron chi connectivity index (χ0n) is 21.7. The molecular formula is C30H38Cl2Zr. The molecule has 176 valence electrons. The Morgan fingerprint density at radius 1 is 0.667 bits per heavy atom. The van der Waals surface area contributed by atoms with Gasteiger partial charge in [0.05, 0.1) is 0 Å². The van der Waals surface area contributed by atoms with Gasteiger partial charge < -0.3 is 24.8 Å². The average Bonchev–Trinajstić information content (AvgIpc) is 3.27. The first-order valence-electron chi connectivity index (χ1n) is 11.2. The van der Waals surface area contributed by atoms with Gasteiger partial charge >= 0.3 is 26.2 Å². The molecule has 3 aromatic carbocycles. The minimum Gasteiger partial charge on any atom is -1.00 e. The van der Waals surface area contributed by atoms with Crippen molar-refractivity contribution in [3.63, 3.8) is 0 Å². The van der Waals surface area contributed by atoms with Gasteiger partial charge in [0.1, 0.15) is 0 Å². The van der Waals surface area contributed by atoms with Gasteiger partial charge in [-0.3, -0.25) is 6.08 Å². The number of fused-ring (bicyclic) bond motifs is 3. The van der Waals surface area contributed by atoms with Crippen molar-refractivity contribution < 1.29 is 51.0 Å². The van der Waals surface area contributed by atoms with E-state index in [1.165, 1.54) is 38.2 Å². The Bertz CT molecular complexity index is 1040. The van der Waals surface area contributed by atoms with Gasteiger partial charge in [-0.05, 0) is 10.8 Å². The van der Waals surface area contributed by atoms with Crippen molar-refractivity contribution >= 4 is 21.5 Å². The monoisotopic (exact) mass is 558 g/mol. The molecule has 0 nitrogen and oxygen atoms in total. The minimum atomic E-state index is 0. The second-order valence-electron chi connectivity index (χ2n) is 11.7. The van der Waals surface area contributed by atoms with Crippen LogP contribution < -0.4 is 24.8 Å². The molecule has 3 aromatic rings. The molecule has 0 N–H and O–H groups in total. The molecule has 0 heterocycles. The molecule has 0 spiro atoms. The molecule has 33 heavy (non-hydrogen) atoms. The van der Waals surface area contributed by atoms with E-state index >= 15 is 0 Å². The van der Waals surface area contributed by atoms with E-state index < -0.39 is 0 Å². The number of halogens is 2. The fourth-order valence-corrected chi connectivity index (χ4v) is 3.85. The summed E-state index contributed by atoms with van der Waals surface area (Å²) < 4.78 is 0. The molecule has 0 aromatic heterocycles. The normalized spacial score (nSPS) is 13.4. The smallest absolute Gasteiger partial charge is 1.00 e. The number of hydrogen-bond donors (Lipinski definition) is 0. The maximum Gasteiger partial charge on any atom is 4.00 e. The van der Waals surface area contributed by atoms with E-state index in [0.29, 0.717) is 5.41 Å². The Hall–Kier alpha value is -0.747. The van der Waals surface area contributed by atoms with Crippen LogP contribution in [0.15, 0.2) is 60.2 Å². The van der Waals surface area contributed by atoms with Gasteiger partial charge in [-0.15, -0.1) is 46.2 Å². The molecule has 0 saturated heterocycles. The van der Waals surface area contributed by atoms with Gasteiger partial charge in [-0.1, -0.05) is 103 Å². The topological polar surface area (TPSA) is 0 Å². The van der Waals surface area contributed by atoms with Crippen LogP contribution >= 0.6 is 0 Å². The van der Waals surface area contributed by atoms with Gasteiger partial charge in [-0.25, -0.2) is 6.08 Å². The predicted octanol–water partition coefficient (Wildman–Crippen LogP) is 3.03. The summed E-state index contributed by atoms with van der Waals surface area (Å²) in [5.41, 5.74) is 4.94. The number of benzene rings is 2. The van der Waals surface area contributed by atoms with Crippen molar-refractivity contribution in [2.24, 2.45) is 5.41 Å². The molecule has 0 radical (unpaired) electrons. The summed E-state index contributed by atoms with van der Waals surface area (Å²) in [5, 5.41) is 5.49. The van der Waals surface area contributed by atoms with E-state index in [9.17, 15) is 0 Å². The summed E-state index contributed by atoms with van der Waals surface area (Å²) in [7, 11) is 0. The van der Waals surface area contributed by atoms with E-state index in [1.807, 2.05) is 0 Å². The third-order valence-corrected chi connectivity index (χ3v) is 6.00. The Morgan fingerprint density at radius 3 is 1.36 bits per heavy atom. The minimum absolute atomic E-state index is 0. The van der Waals surface area contributed by atoms with E-state index in [2.05, 4.69) is 123 Å². The quantitative estimate of drug-likeness (QED) is 0.371. The van der Waals surface area contributed by atoms with E-state index in [1.54, 1.807) is 0 Å². The molecule has 4 rings (SSSR count). The first-order chi connectivity index (χ1) is 13.8. The Morgan fingerprint density at radius 2 is 1.09 bits per heavy atom. The molecule has 0 unspecified atom stereocenters. The Balaban J connectivity index is 0.000000733. The molecule has 0 saturated carbocycles. The number of hydrogen-bond acceptors (Lipinski definition) is 0. The van der Waals surface area contributed by atoms with Crippen LogP contribution in [0.3, 0.4) is 0 Å². The maximum absolute atomic E-state index is 3.16. The van der Waals surface area contributed by atoms with Crippen LogP contribution in [0.25, 0.3) is 21.5 Å². The van der Waals surface area contributed by atoms with Crippen molar-refractivity contribution in [1.29, 1.82) is 0 Å². The summed E-state index contributed by atoms with van der Waals surface area (Å²) in [5.74, 6) is 0. The molecule has 0 fully saturated rings. The van der Waals surface area contributed by atoms with Crippen LogP contribution in [0.1, 0.15) is 79.9 Å². The molecule has 1 aliphatic carbocycles. The molecule has 0 bridgehead atoms. The molecule has 0 amide bonds. The summed E-state index contributed by atoms with van der Waals surface area (Å²) in [4.78, 5) is 0. The number of allylic oxidation sites excluding steroid dienone is 4. The first-order valence-corrected chi connectivity index (χ1v) is 11.2. The zero-order chi connectivity index (χ0) is 22.3. The van der Waals surface area contributed by atoms with Crippen LogP contribution in [-0.2, 0) is 37.0 Å². The van der Waals surface area contributed by atoms with Gasteiger partial charge in [0.2, 0.25) is 0 Å². The molecular weight excluding hydrogens is 522 g/mol. The van der Waals surface area contributed by atoms with Crippen LogP contribution in [-0.4, -0.2) is 0 Å². The summed E-state index contributed by atoms with van der Waals surface area (Å²) in [6, 6.07) is 16.1. The maximum atomic E-state index is 3.16. The van der Waals surface area contributed by atoms with Gasteiger partial charge in [0.15, 0.2) is 0 Å². The van der Waals surface area contributed by atoms with E-state index in [-0.39, 0.29) is 61.8 Å². The molecule has 0 aliphatic heterocycles. The second-order valence-corrected chi connectivity index (χ2v) is 11.7. The summed E-state index contributed by atoms with van der Waals surface area (Å²) in [6.07, 6.45) is 8.50. The SMILES string of the molecule is CC(C)(C)C1=CC[C-]=C1.CC(C)(C)c1ccc2[cH-]c3ccc(C(C)(C)C)cc3c2c1.[Cl-].[Cl-].[Zr+4]. The van der Waals surface area contributed by atoms with Crippen LogP contribution in [0.2, 0.25) is 0 Å². The van der Waals surface area contributed by atoms with Crippen molar-refractivity contribution in [3.05, 3.63) is 77.4 Å². The standard InChI is InChI=1S/C21H25.C9H13.2ClH.Zr/c1-20(2,3)16-9-7-14-11-15-8-10-17(21(4,5)6)13-19(15)18(14)12-16;1-9(2,3)8-6-4-5-7-8;;;/h7-13H,1-6H3;6-7H,4H2,1-3H3;2*1H;/q2*-1;;;+4/p-2. The van der Waals surface area contributed by atoms with Crippen molar-refractivity contribution in [1.82, 2.24) is 0 Å². The molecule has 0 atom stereocenters. The van der Waals surface area contributed by atoms with E-state index in [4.69, 9.17) is 0 Å². The third-order valence-electron chi connectivity index (χ3n) is 6.00. The van der Waals surface area contributed by atoms with Crippen LogP contribution in [0.4, 0.5) is 0 Å². The van der Waals surface area contributed by atoms with Gasteiger partial charge in [0, 0.05) is 0 Å². The van der Waals surface area contributed by atoms with E-state index in [0.717, 1.165) is 6.42 Å². The van der Waals surface area contributed by atoms with Crippen molar-refractivity contribution in [3.8, 4) is 0 Å². The van der Waals surface area contributed by atoms with Crippen molar-refractivity contribution in [2.75, 3.05) is 0 Å². The Kier molecular flexibility index (Phi) is 11.5. The van der Waals surface area contributed by atoms with Gasteiger partial charge in [-0.2, -0.15) is 11.6 Å². The van der Waals surface area contributed by atoms with Crippen molar-refractivity contribution in [2.45, 2.75) is 79.6 Å². The second kappa shape index (κ2) is 11.8. The van der Waals surface area contributed by atoms with Gasteiger partial charge in [0.25, 0.3) is 0 Å². The third kappa shape index (κ3) is 7.88. The first kappa shape index (κ1) is 32.3. The molecule has 3 heteroatoms. The number of rotatable bonds is 0. The average molecular weight is 561 g/mol. The largest absolute Gasteiger partial charge is 4.00 e. The fraction of sp³-hybridized carbons (Fsp3) is 0.433. The summed E-state index contributed by atoms with van der Waals surface area (Å²) in [6.45, 7) is 20.3. The molecule has 1 aliphatic rings. The van der Waals surface area contributed by atoms with Crippen LogP contribution in [0.5, 0.6) is 0 Å².